The number of hydrogen-bond acceptors (Lipinski definition) is 3. The SMILES string of the molecule is O=C(N[C@@H]1CCCc2c(F)cc(F)cc21)N1CCOc2cc(O)ccc2C1. The van der Waals surface area contributed by atoms with Gasteiger partial charge in [0, 0.05) is 17.7 Å². The van der Waals surface area contributed by atoms with Crippen molar-refractivity contribution < 1.29 is 23.4 Å². The van der Waals surface area contributed by atoms with Gasteiger partial charge in [-0.25, -0.2) is 13.6 Å². The van der Waals surface area contributed by atoms with E-state index < -0.39 is 17.7 Å². The number of halogens is 2. The lowest BCUT2D eigenvalue weighted by Crippen LogP contribution is -2.43. The van der Waals surface area contributed by atoms with Gasteiger partial charge < -0.3 is 20.1 Å². The first-order valence-corrected chi connectivity index (χ1v) is 8.99. The number of carbonyl (C=O) groups excluding carboxylic acids is 1. The largest absolute Gasteiger partial charge is 0.508 e. The molecule has 0 saturated carbocycles. The molecule has 1 aliphatic carbocycles. The Hall–Kier alpha value is -2.83. The molecule has 0 radical (unpaired) electrons. The standard InChI is InChI=1S/C20H20F2N2O3/c21-13-8-16-15(17(22)9-13)2-1-3-18(16)23-20(26)24-6-7-27-19-10-14(25)5-4-12(19)11-24/h4-5,8-10,18,25H,1-3,6-7,11H2,(H,23,26)/t18-/m1/s1. The minimum absolute atomic E-state index is 0.106. The average Bonchev–Trinajstić information content (AvgIpc) is 2.84. The number of nitrogens with one attached hydrogen (secondary N) is 1. The Kier molecular flexibility index (Phi) is 4.59. The third kappa shape index (κ3) is 3.54. The summed E-state index contributed by atoms with van der Waals surface area (Å²) in [4.78, 5) is 14.4. The van der Waals surface area contributed by atoms with Crippen molar-refractivity contribution >= 4 is 6.03 Å². The number of hydrogen-bond donors (Lipinski definition) is 2. The van der Waals surface area contributed by atoms with Crippen molar-refractivity contribution in [1.29, 1.82) is 0 Å². The summed E-state index contributed by atoms with van der Waals surface area (Å²) in [5, 5.41) is 12.5. The van der Waals surface area contributed by atoms with Gasteiger partial charge in [0.1, 0.15) is 29.7 Å². The van der Waals surface area contributed by atoms with Gasteiger partial charge in [0.15, 0.2) is 0 Å². The van der Waals surface area contributed by atoms with E-state index in [1.54, 1.807) is 17.0 Å². The highest BCUT2D eigenvalue weighted by Gasteiger charge is 2.28. The molecule has 2 aromatic carbocycles. The van der Waals surface area contributed by atoms with Gasteiger partial charge in [0.2, 0.25) is 0 Å². The number of rotatable bonds is 1. The number of phenols is 1. The second-order valence-corrected chi connectivity index (χ2v) is 6.91. The van der Waals surface area contributed by atoms with E-state index in [2.05, 4.69) is 5.32 Å². The molecule has 142 valence electrons. The van der Waals surface area contributed by atoms with E-state index >= 15 is 0 Å². The number of urea groups is 1. The van der Waals surface area contributed by atoms with E-state index in [0.29, 0.717) is 49.4 Å². The Morgan fingerprint density at radius 2 is 2.11 bits per heavy atom. The number of benzene rings is 2. The third-order valence-electron chi connectivity index (χ3n) is 5.11. The minimum atomic E-state index is -0.635. The van der Waals surface area contributed by atoms with Gasteiger partial charge in [0.05, 0.1) is 19.1 Å². The summed E-state index contributed by atoms with van der Waals surface area (Å²) in [5.74, 6) is -0.530. The first-order valence-electron chi connectivity index (χ1n) is 8.99. The van der Waals surface area contributed by atoms with Crippen LogP contribution in [0.3, 0.4) is 0 Å². The van der Waals surface area contributed by atoms with Gasteiger partial charge in [-0.1, -0.05) is 0 Å². The molecule has 7 heteroatoms. The minimum Gasteiger partial charge on any atom is -0.508 e. The highest BCUT2D eigenvalue weighted by Crippen LogP contribution is 2.33. The molecule has 0 fully saturated rings. The average molecular weight is 374 g/mol. The van der Waals surface area contributed by atoms with Crippen molar-refractivity contribution in [1.82, 2.24) is 10.2 Å². The molecule has 27 heavy (non-hydrogen) atoms. The first kappa shape index (κ1) is 17.6. The Morgan fingerprint density at radius 1 is 1.26 bits per heavy atom. The monoisotopic (exact) mass is 374 g/mol. The number of fused-ring (bicyclic) bond motifs is 2. The summed E-state index contributed by atoms with van der Waals surface area (Å²) in [6.45, 7) is 1.01. The number of aromatic hydroxyl groups is 1. The van der Waals surface area contributed by atoms with Crippen molar-refractivity contribution in [2.24, 2.45) is 0 Å². The fourth-order valence-electron chi connectivity index (χ4n) is 3.76. The van der Waals surface area contributed by atoms with Crippen molar-refractivity contribution in [2.45, 2.75) is 31.8 Å². The highest BCUT2D eigenvalue weighted by molar-refractivity contribution is 5.75. The lowest BCUT2D eigenvalue weighted by molar-refractivity contribution is 0.182. The van der Waals surface area contributed by atoms with Crippen LogP contribution in [-0.4, -0.2) is 29.2 Å². The molecule has 2 N–H and O–H groups in total. The van der Waals surface area contributed by atoms with E-state index in [1.807, 2.05) is 0 Å². The number of phenolic OH excluding ortho intramolecular Hbond substituents is 1. The van der Waals surface area contributed by atoms with E-state index in [0.717, 1.165) is 18.1 Å². The maximum atomic E-state index is 14.0. The lowest BCUT2D eigenvalue weighted by Gasteiger charge is -2.29. The zero-order valence-electron chi connectivity index (χ0n) is 14.7. The number of carbonyl (C=O) groups is 1. The Labute approximate surface area is 155 Å². The topological polar surface area (TPSA) is 61.8 Å². The van der Waals surface area contributed by atoms with Gasteiger partial charge in [-0.05, 0) is 48.6 Å². The summed E-state index contributed by atoms with van der Waals surface area (Å²) in [6.07, 6.45) is 1.91. The van der Waals surface area contributed by atoms with Gasteiger partial charge in [-0.2, -0.15) is 0 Å². The van der Waals surface area contributed by atoms with Crippen molar-refractivity contribution in [3.63, 3.8) is 0 Å². The van der Waals surface area contributed by atoms with Crippen LogP contribution in [0.2, 0.25) is 0 Å². The van der Waals surface area contributed by atoms with Crippen molar-refractivity contribution in [3.8, 4) is 11.5 Å². The van der Waals surface area contributed by atoms with Crippen LogP contribution < -0.4 is 10.1 Å². The third-order valence-corrected chi connectivity index (χ3v) is 5.11. The molecule has 4 rings (SSSR count). The van der Waals surface area contributed by atoms with Crippen LogP contribution in [0.4, 0.5) is 13.6 Å². The summed E-state index contributed by atoms with van der Waals surface area (Å²) >= 11 is 0. The predicted octanol–water partition coefficient (Wildman–Crippen LogP) is 3.65. The number of amides is 2. The number of nitrogens with zero attached hydrogens (tertiary/aromatic N) is 1. The van der Waals surface area contributed by atoms with Gasteiger partial charge >= 0.3 is 6.03 Å². The van der Waals surface area contributed by atoms with Crippen LogP contribution in [0, 0.1) is 11.6 Å². The van der Waals surface area contributed by atoms with E-state index in [-0.39, 0.29) is 11.8 Å². The second-order valence-electron chi connectivity index (χ2n) is 6.91. The molecule has 2 amide bonds. The van der Waals surface area contributed by atoms with E-state index in [9.17, 15) is 18.7 Å². The molecule has 2 aliphatic rings. The molecule has 2 aromatic rings. The molecular formula is C20H20F2N2O3. The summed E-state index contributed by atoms with van der Waals surface area (Å²) in [5.41, 5.74) is 1.79. The maximum absolute atomic E-state index is 14.0. The highest BCUT2D eigenvalue weighted by atomic mass is 19.1. The predicted molar refractivity (Wildman–Crippen MR) is 94.6 cm³/mol. The fraction of sp³-hybridized carbons (Fsp3) is 0.350. The maximum Gasteiger partial charge on any atom is 0.318 e. The van der Waals surface area contributed by atoms with Crippen LogP contribution in [0.15, 0.2) is 30.3 Å². The van der Waals surface area contributed by atoms with E-state index in [1.165, 1.54) is 12.1 Å². The van der Waals surface area contributed by atoms with Gasteiger partial charge in [0.25, 0.3) is 0 Å². The van der Waals surface area contributed by atoms with Crippen LogP contribution in [-0.2, 0) is 13.0 Å². The molecule has 0 bridgehead atoms. The zero-order valence-corrected chi connectivity index (χ0v) is 14.7. The van der Waals surface area contributed by atoms with Crippen LogP contribution in [0.5, 0.6) is 11.5 Å². The molecule has 0 saturated heterocycles. The Bertz CT molecular complexity index is 888. The molecule has 1 aliphatic heterocycles. The normalized spacial score (nSPS) is 18.7. The molecular weight excluding hydrogens is 354 g/mol. The Balaban J connectivity index is 1.53. The Morgan fingerprint density at radius 3 is 2.96 bits per heavy atom. The van der Waals surface area contributed by atoms with Crippen LogP contribution in [0.25, 0.3) is 0 Å². The molecule has 1 heterocycles. The molecule has 0 unspecified atom stereocenters. The molecule has 5 nitrogen and oxygen atoms in total. The molecule has 0 aromatic heterocycles. The summed E-state index contributed by atoms with van der Waals surface area (Å²) < 4.78 is 33.3. The fourth-order valence-corrected chi connectivity index (χ4v) is 3.76. The summed E-state index contributed by atoms with van der Waals surface area (Å²) in [6, 6.07) is 6.27. The number of ether oxygens (including phenoxy) is 1. The van der Waals surface area contributed by atoms with Gasteiger partial charge in [-0.3, -0.25) is 0 Å². The zero-order chi connectivity index (χ0) is 19.0. The van der Waals surface area contributed by atoms with Crippen molar-refractivity contribution in [3.05, 3.63) is 58.7 Å². The first-order chi connectivity index (χ1) is 13.0. The van der Waals surface area contributed by atoms with Crippen molar-refractivity contribution in [2.75, 3.05) is 13.2 Å². The summed E-state index contributed by atoms with van der Waals surface area (Å²) in [7, 11) is 0. The van der Waals surface area contributed by atoms with Gasteiger partial charge in [-0.15, -0.1) is 0 Å². The second kappa shape index (κ2) is 7.06. The quantitative estimate of drug-likeness (QED) is 0.801. The molecule has 0 spiro atoms. The van der Waals surface area contributed by atoms with Crippen LogP contribution in [0.1, 0.15) is 35.6 Å². The lowest BCUT2D eigenvalue weighted by atomic mass is 9.87. The molecule has 1 atom stereocenters. The van der Waals surface area contributed by atoms with Crippen LogP contribution >= 0.6 is 0 Å². The smallest absolute Gasteiger partial charge is 0.318 e. The van der Waals surface area contributed by atoms with E-state index in [4.69, 9.17) is 4.74 Å².